The molecule has 0 amide bonds. The molecular formula is C6H4F5N2O3PS. The third kappa shape index (κ3) is 3.53. The summed E-state index contributed by atoms with van der Waals surface area (Å²) < 4.78 is 76.1. The van der Waals surface area contributed by atoms with E-state index in [-0.39, 0.29) is 0 Å². The van der Waals surface area contributed by atoms with Gasteiger partial charge in [-0.1, -0.05) is 0 Å². The fourth-order valence-electron chi connectivity index (χ4n) is 0.790. The van der Waals surface area contributed by atoms with Crippen molar-refractivity contribution in [3.05, 3.63) is 18.2 Å². The second kappa shape index (κ2) is 4.63. The minimum Gasteiger partial charge on any atom is -0.414 e. The molecule has 5 nitrogen and oxygen atoms in total. The quantitative estimate of drug-likeness (QED) is 0.510. The second-order valence-corrected chi connectivity index (χ2v) is 5.58. The van der Waals surface area contributed by atoms with Crippen LogP contribution in [0.25, 0.3) is 0 Å². The smallest absolute Gasteiger partial charge is 0.414 e. The molecule has 0 saturated carbocycles. The molecule has 0 saturated heterocycles. The van der Waals surface area contributed by atoms with Gasteiger partial charge in [0.1, 0.15) is 0 Å². The van der Waals surface area contributed by atoms with E-state index in [1.807, 2.05) is 0 Å². The Labute approximate surface area is 102 Å². The Bertz CT molecular complexity index is 473. The molecule has 0 radical (unpaired) electrons. The van der Waals surface area contributed by atoms with Crippen molar-refractivity contribution in [2.75, 3.05) is 0 Å². The normalized spacial score (nSPS) is 16.2. The molecule has 0 aliphatic heterocycles. The van der Waals surface area contributed by atoms with E-state index in [0.29, 0.717) is 12.4 Å². The van der Waals surface area contributed by atoms with Gasteiger partial charge in [-0.2, -0.15) is 22.0 Å². The first kappa shape index (κ1) is 15.1. The fraction of sp³-hybridized carbons (Fsp3) is 0.333. The van der Waals surface area contributed by atoms with Gasteiger partial charge in [0.2, 0.25) is 5.82 Å². The average molecular weight is 310 g/mol. The van der Waals surface area contributed by atoms with E-state index < -0.39 is 30.5 Å². The van der Waals surface area contributed by atoms with Gasteiger partial charge in [-0.3, -0.25) is 0 Å². The van der Waals surface area contributed by atoms with Crippen LogP contribution in [-0.2, 0) is 10.5 Å². The third-order valence-corrected chi connectivity index (χ3v) is 2.18. The Morgan fingerprint density at radius 1 is 1.22 bits per heavy atom. The summed E-state index contributed by atoms with van der Waals surface area (Å²) >= 11 is 3.10. The van der Waals surface area contributed by atoms with Gasteiger partial charge in [-0.15, -0.1) is 0 Å². The Hall–Kier alpha value is -0.930. The molecule has 0 spiro atoms. The first-order valence-corrected chi connectivity index (χ1v) is 6.69. The topological polar surface area (TPSA) is 72.3 Å². The molecule has 1 unspecified atom stereocenters. The molecule has 1 heterocycles. The van der Waals surface area contributed by atoms with Crippen LogP contribution in [0, 0.1) is 0 Å². The van der Waals surface area contributed by atoms with Crippen LogP contribution in [0.4, 0.5) is 22.0 Å². The highest BCUT2D eigenvalue weighted by Crippen LogP contribution is 2.47. The molecular weight excluding hydrogens is 306 g/mol. The highest BCUT2D eigenvalue weighted by molar-refractivity contribution is 8.44. The Morgan fingerprint density at radius 2 is 1.67 bits per heavy atom. The summed E-state index contributed by atoms with van der Waals surface area (Å²) in [7, 11) is 0. The molecule has 1 N–H and O–H groups in total. The molecule has 18 heavy (non-hydrogen) atoms. The van der Waals surface area contributed by atoms with Crippen LogP contribution in [0.1, 0.15) is 5.82 Å². The molecule has 102 valence electrons. The number of hydrogen-bond acceptors (Lipinski definition) is 4. The highest BCUT2D eigenvalue weighted by Gasteiger charge is 2.61. The lowest BCUT2D eigenvalue weighted by molar-refractivity contribution is -0.292. The van der Waals surface area contributed by atoms with Gasteiger partial charge in [0, 0.05) is 0 Å². The lowest BCUT2D eigenvalue weighted by atomic mass is 10.3. The molecule has 0 fully saturated rings. The van der Waals surface area contributed by atoms with E-state index >= 15 is 0 Å². The van der Waals surface area contributed by atoms with E-state index in [2.05, 4.69) is 26.7 Å². The first-order chi connectivity index (χ1) is 7.93. The predicted molar refractivity (Wildman–Crippen MR) is 51.4 cm³/mol. The van der Waals surface area contributed by atoms with Gasteiger partial charge in [0.05, 0.1) is 12.4 Å². The van der Waals surface area contributed by atoms with Crippen LogP contribution < -0.4 is 4.52 Å². The molecule has 1 atom stereocenters. The van der Waals surface area contributed by atoms with Gasteiger partial charge < -0.3 is 9.42 Å². The summed E-state index contributed by atoms with van der Waals surface area (Å²) in [6.07, 6.45) is -5.03. The zero-order valence-electron chi connectivity index (χ0n) is 8.10. The standard InChI is InChI=1S/C6H4F5N2O3PS/c7-5(8,6(9,10)11)4-12-1-3(2-13-4)16-17(14,15)18/h1-2H,(H2,14,15,18). The van der Waals surface area contributed by atoms with Gasteiger partial charge in [-0.05, 0) is 12.2 Å². The van der Waals surface area contributed by atoms with Gasteiger partial charge in [0.15, 0.2) is 5.75 Å². The largest absolute Gasteiger partial charge is 0.461 e. The Morgan fingerprint density at radius 3 is 2.00 bits per heavy atom. The van der Waals surface area contributed by atoms with Crippen molar-refractivity contribution in [2.24, 2.45) is 0 Å². The number of alkyl halides is 5. The Kier molecular flexibility index (Phi) is 3.89. The second-order valence-electron chi connectivity index (χ2n) is 2.90. The van der Waals surface area contributed by atoms with Gasteiger partial charge in [0.25, 0.3) is 0 Å². The summed E-state index contributed by atoms with van der Waals surface area (Å²) in [6, 6.07) is 0. The summed E-state index contributed by atoms with van der Waals surface area (Å²) in [5.74, 6) is -7.60. The lowest BCUT2D eigenvalue weighted by Crippen LogP contribution is -2.35. The van der Waals surface area contributed by atoms with E-state index in [9.17, 15) is 26.5 Å². The molecule has 1 aromatic rings. The molecule has 0 aliphatic carbocycles. The molecule has 1 aromatic heterocycles. The summed E-state index contributed by atoms with van der Waals surface area (Å²) in [6.45, 7) is -4.27. The van der Waals surface area contributed by atoms with Crippen LogP contribution in [-0.4, -0.2) is 21.0 Å². The highest BCUT2D eigenvalue weighted by atomic mass is 32.7. The molecule has 1 rings (SSSR count). The van der Waals surface area contributed by atoms with Gasteiger partial charge >= 0.3 is 18.9 Å². The van der Waals surface area contributed by atoms with Crippen molar-refractivity contribution in [1.29, 1.82) is 0 Å². The maximum atomic E-state index is 12.7. The fourth-order valence-corrected chi connectivity index (χ4v) is 1.44. The summed E-state index contributed by atoms with van der Waals surface area (Å²) in [4.78, 5) is 14.1. The number of nitrogens with zero attached hydrogens (tertiary/aromatic N) is 2. The molecule has 0 bridgehead atoms. The van der Waals surface area contributed by atoms with E-state index in [1.54, 1.807) is 0 Å². The van der Waals surface area contributed by atoms with Crippen LogP contribution >= 0.6 is 19.0 Å². The minimum absolute atomic E-state index is 0.404. The van der Waals surface area contributed by atoms with Crippen LogP contribution in [0.15, 0.2) is 12.4 Å². The van der Waals surface area contributed by atoms with Crippen LogP contribution in [0.3, 0.4) is 0 Å². The summed E-state index contributed by atoms with van der Waals surface area (Å²) in [5.41, 5.74) is 0. The average Bonchev–Trinajstić information content (AvgIpc) is 2.14. The predicted octanol–water partition coefficient (Wildman–Crippen LogP) is 2.54. The summed E-state index contributed by atoms with van der Waals surface area (Å²) in [5, 5.41) is 0. The van der Waals surface area contributed by atoms with Crippen molar-refractivity contribution in [1.82, 2.24) is 9.97 Å². The van der Waals surface area contributed by atoms with E-state index in [1.165, 1.54) is 0 Å². The van der Waals surface area contributed by atoms with Crippen molar-refractivity contribution in [3.8, 4) is 5.75 Å². The van der Waals surface area contributed by atoms with E-state index in [0.717, 1.165) is 0 Å². The SMILES string of the molecule is O=P(O)(S)Oc1cnc(C(F)(F)C(F)(F)F)nc1. The lowest BCUT2D eigenvalue weighted by Gasteiger charge is -2.17. The number of rotatable bonds is 3. The third-order valence-electron chi connectivity index (χ3n) is 1.49. The minimum atomic E-state index is -5.84. The van der Waals surface area contributed by atoms with E-state index in [4.69, 9.17) is 4.89 Å². The monoisotopic (exact) mass is 310 g/mol. The van der Waals surface area contributed by atoms with Gasteiger partial charge in [-0.25, -0.2) is 14.5 Å². The number of hydrogen-bond donors (Lipinski definition) is 2. The first-order valence-electron chi connectivity index (χ1n) is 3.96. The van der Waals surface area contributed by atoms with Crippen molar-refractivity contribution >= 4 is 19.0 Å². The molecule has 0 aliphatic rings. The number of aromatic nitrogens is 2. The van der Waals surface area contributed by atoms with Crippen molar-refractivity contribution < 1.29 is 35.9 Å². The number of thiol groups is 1. The van der Waals surface area contributed by atoms with Crippen LogP contribution in [0.2, 0.25) is 0 Å². The zero-order valence-corrected chi connectivity index (χ0v) is 9.89. The van der Waals surface area contributed by atoms with Crippen LogP contribution in [0.5, 0.6) is 5.75 Å². The maximum Gasteiger partial charge on any atom is 0.461 e. The Balaban J connectivity index is 3.00. The zero-order chi connectivity index (χ0) is 14.2. The number of halogens is 5. The maximum absolute atomic E-state index is 12.7. The van der Waals surface area contributed by atoms with Crippen molar-refractivity contribution in [2.45, 2.75) is 12.1 Å². The molecule has 0 aromatic carbocycles. The van der Waals surface area contributed by atoms with Crippen molar-refractivity contribution in [3.63, 3.8) is 0 Å². The molecule has 12 heteroatoms.